The van der Waals surface area contributed by atoms with Gasteiger partial charge in [0.15, 0.2) is 0 Å². The molecular formula is C20H22N4O5S. The minimum atomic E-state index is -3.66. The van der Waals surface area contributed by atoms with E-state index in [-0.39, 0.29) is 30.3 Å². The minimum absolute atomic E-state index is 0.121. The van der Waals surface area contributed by atoms with Crippen molar-refractivity contribution < 1.29 is 22.7 Å². The molecule has 158 valence electrons. The number of benzene rings is 1. The highest BCUT2D eigenvalue weighted by Gasteiger charge is 2.37. The molecule has 1 unspecified atom stereocenters. The summed E-state index contributed by atoms with van der Waals surface area (Å²) in [7, 11) is -2.17. The van der Waals surface area contributed by atoms with E-state index < -0.39 is 10.0 Å². The first kappa shape index (κ1) is 19.3. The van der Waals surface area contributed by atoms with Crippen molar-refractivity contribution in [3.63, 3.8) is 0 Å². The molecule has 1 fully saturated rings. The highest BCUT2D eigenvalue weighted by atomic mass is 32.2. The van der Waals surface area contributed by atoms with Gasteiger partial charge in [-0.3, -0.25) is 4.79 Å². The van der Waals surface area contributed by atoms with E-state index in [1.165, 1.54) is 23.8 Å². The van der Waals surface area contributed by atoms with Gasteiger partial charge in [-0.25, -0.2) is 18.4 Å². The van der Waals surface area contributed by atoms with Gasteiger partial charge in [-0.2, -0.15) is 4.31 Å². The molecule has 0 N–H and O–H groups in total. The topological polar surface area (TPSA) is 102 Å². The Kier molecular flexibility index (Phi) is 4.62. The fraction of sp³-hybridized carbons (Fsp3) is 0.450. The summed E-state index contributed by atoms with van der Waals surface area (Å²) in [6, 6.07) is 3.46. The van der Waals surface area contributed by atoms with Crippen LogP contribution in [0.15, 0.2) is 29.4 Å². The van der Waals surface area contributed by atoms with Crippen molar-refractivity contribution in [2.45, 2.75) is 36.7 Å². The Balaban J connectivity index is 1.37. The van der Waals surface area contributed by atoms with Crippen LogP contribution < -0.4 is 14.4 Å². The first-order valence-electron chi connectivity index (χ1n) is 9.95. The van der Waals surface area contributed by atoms with Gasteiger partial charge in [-0.05, 0) is 42.5 Å². The third-order valence-electron chi connectivity index (χ3n) is 5.88. The number of rotatable bonds is 5. The van der Waals surface area contributed by atoms with Crippen LogP contribution in [0.1, 0.15) is 24.0 Å². The van der Waals surface area contributed by atoms with E-state index in [0.29, 0.717) is 43.7 Å². The molecule has 1 amide bonds. The largest absolute Gasteiger partial charge is 0.477 e. The van der Waals surface area contributed by atoms with Gasteiger partial charge in [0.05, 0.1) is 24.2 Å². The molecule has 30 heavy (non-hydrogen) atoms. The zero-order valence-corrected chi connectivity index (χ0v) is 17.4. The van der Waals surface area contributed by atoms with E-state index in [1.807, 2.05) is 0 Å². The summed E-state index contributed by atoms with van der Waals surface area (Å²) in [6.07, 6.45) is 4.94. The fourth-order valence-electron chi connectivity index (χ4n) is 4.43. The molecule has 0 bridgehead atoms. The first-order valence-corrected chi connectivity index (χ1v) is 11.4. The number of nitrogens with zero attached hydrogens (tertiary/aromatic N) is 4. The molecule has 1 atom stereocenters. The van der Waals surface area contributed by atoms with Crippen molar-refractivity contribution in [1.82, 2.24) is 14.3 Å². The van der Waals surface area contributed by atoms with Crippen molar-refractivity contribution in [3.05, 3.63) is 35.7 Å². The van der Waals surface area contributed by atoms with Gasteiger partial charge >= 0.3 is 0 Å². The maximum atomic E-state index is 13.3. The lowest BCUT2D eigenvalue weighted by Gasteiger charge is -2.26. The molecular weight excluding hydrogens is 408 g/mol. The summed E-state index contributed by atoms with van der Waals surface area (Å²) < 4.78 is 39.1. The number of sulfonamides is 1. The van der Waals surface area contributed by atoms with E-state index in [0.717, 1.165) is 16.8 Å². The molecule has 2 aromatic rings. The summed E-state index contributed by atoms with van der Waals surface area (Å²) in [4.78, 5) is 22.4. The van der Waals surface area contributed by atoms with Gasteiger partial charge in [0, 0.05) is 31.9 Å². The summed E-state index contributed by atoms with van der Waals surface area (Å²) in [6.45, 7) is 1.23. The third-order valence-corrected chi connectivity index (χ3v) is 7.72. The van der Waals surface area contributed by atoms with Gasteiger partial charge in [0.2, 0.25) is 15.9 Å². The predicted octanol–water partition coefficient (Wildman–Crippen LogP) is 1.16. The van der Waals surface area contributed by atoms with Gasteiger partial charge in [-0.1, -0.05) is 0 Å². The third kappa shape index (κ3) is 3.10. The van der Waals surface area contributed by atoms with Crippen molar-refractivity contribution in [3.8, 4) is 11.8 Å². The Labute approximate surface area is 174 Å². The Bertz CT molecular complexity index is 1120. The fourth-order valence-corrected chi connectivity index (χ4v) is 6.02. The Morgan fingerprint density at radius 3 is 2.53 bits per heavy atom. The quantitative estimate of drug-likeness (QED) is 0.701. The second-order valence-electron chi connectivity index (χ2n) is 7.65. The molecule has 0 radical (unpaired) electrons. The Morgan fingerprint density at radius 1 is 1.03 bits per heavy atom. The maximum Gasteiger partial charge on any atom is 0.278 e. The molecule has 0 saturated carbocycles. The SMILES string of the molecule is COc1nccnc1OC1CCN(S(=O)(=O)c2cc3c4c(c2)CCN4C(=O)CC3)C1. The highest BCUT2D eigenvalue weighted by molar-refractivity contribution is 7.89. The smallest absolute Gasteiger partial charge is 0.278 e. The van der Waals surface area contributed by atoms with Gasteiger partial charge in [0.1, 0.15) is 6.10 Å². The molecule has 10 heteroatoms. The van der Waals surface area contributed by atoms with Crippen LogP contribution in [0.3, 0.4) is 0 Å². The van der Waals surface area contributed by atoms with E-state index in [1.54, 1.807) is 17.0 Å². The summed E-state index contributed by atoms with van der Waals surface area (Å²) in [5, 5.41) is 0. The number of hydrogen-bond donors (Lipinski definition) is 0. The molecule has 9 nitrogen and oxygen atoms in total. The van der Waals surface area contributed by atoms with Crippen LogP contribution in [0.25, 0.3) is 0 Å². The van der Waals surface area contributed by atoms with Crippen LogP contribution in [-0.2, 0) is 27.7 Å². The number of anilines is 1. The lowest BCUT2D eigenvalue weighted by molar-refractivity contribution is -0.118. The number of aromatic nitrogens is 2. The molecule has 1 aromatic heterocycles. The van der Waals surface area contributed by atoms with Gasteiger partial charge < -0.3 is 14.4 Å². The predicted molar refractivity (Wildman–Crippen MR) is 107 cm³/mol. The molecule has 1 aromatic carbocycles. The maximum absolute atomic E-state index is 13.3. The average molecular weight is 430 g/mol. The number of carbonyl (C=O) groups excluding carboxylic acids is 1. The van der Waals surface area contributed by atoms with Crippen molar-refractivity contribution in [1.29, 1.82) is 0 Å². The van der Waals surface area contributed by atoms with Gasteiger partial charge in [0.25, 0.3) is 11.8 Å². The van der Waals surface area contributed by atoms with Crippen LogP contribution >= 0.6 is 0 Å². The number of amides is 1. The second-order valence-corrected chi connectivity index (χ2v) is 9.59. The number of carbonyl (C=O) groups is 1. The van der Waals surface area contributed by atoms with Crippen LogP contribution in [0.4, 0.5) is 5.69 Å². The normalized spacial score (nSPS) is 21.0. The Morgan fingerprint density at radius 2 is 1.77 bits per heavy atom. The van der Waals surface area contributed by atoms with Crippen LogP contribution in [0, 0.1) is 0 Å². The van der Waals surface area contributed by atoms with E-state index in [4.69, 9.17) is 9.47 Å². The summed E-state index contributed by atoms with van der Waals surface area (Å²) >= 11 is 0. The van der Waals surface area contributed by atoms with Crippen molar-refractivity contribution >= 4 is 21.6 Å². The molecule has 4 heterocycles. The lowest BCUT2D eigenvalue weighted by Crippen LogP contribution is -2.33. The molecule has 3 aliphatic rings. The molecule has 3 aliphatic heterocycles. The number of methoxy groups -OCH3 is 1. The van der Waals surface area contributed by atoms with E-state index >= 15 is 0 Å². The number of hydrogen-bond acceptors (Lipinski definition) is 7. The average Bonchev–Trinajstić information content (AvgIpc) is 3.39. The number of ether oxygens (including phenoxy) is 2. The van der Waals surface area contributed by atoms with Crippen LogP contribution in [0.2, 0.25) is 0 Å². The zero-order valence-electron chi connectivity index (χ0n) is 16.6. The first-order chi connectivity index (χ1) is 14.5. The zero-order chi connectivity index (χ0) is 20.9. The summed E-state index contributed by atoms with van der Waals surface area (Å²) in [5.41, 5.74) is 2.80. The van der Waals surface area contributed by atoms with E-state index in [2.05, 4.69) is 9.97 Å². The monoisotopic (exact) mass is 430 g/mol. The van der Waals surface area contributed by atoms with Crippen molar-refractivity contribution in [2.75, 3.05) is 31.6 Å². The Hall–Kier alpha value is -2.72. The molecule has 1 saturated heterocycles. The standard InChI is InChI=1S/C20H22N4O5S/c1-28-19-20(22-7-6-21-19)29-15-5-8-23(12-15)30(26,27)16-10-13-2-3-17(25)24-9-4-14(11-16)18(13)24/h6-7,10-11,15H,2-5,8-9,12H2,1H3. The van der Waals surface area contributed by atoms with Crippen LogP contribution in [0.5, 0.6) is 11.8 Å². The molecule has 0 spiro atoms. The highest BCUT2D eigenvalue weighted by Crippen LogP contribution is 2.39. The van der Waals surface area contributed by atoms with E-state index in [9.17, 15) is 13.2 Å². The number of aryl methyl sites for hydroxylation is 1. The molecule has 5 rings (SSSR count). The van der Waals surface area contributed by atoms with Crippen molar-refractivity contribution in [2.24, 2.45) is 0 Å². The molecule has 0 aliphatic carbocycles. The summed E-state index contributed by atoms with van der Waals surface area (Å²) in [5.74, 6) is 0.655. The van der Waals surface area contributed by atoms with Gasteiger partial charge in [-0.15, -0.1) is 0 Å². The lowest BCUT2D eigenvalue weighted by atomic mass is 10.00. The second kappa shape index (κ2) is 7.21. The van der Waals surface area contributed by atoms with Crippen LogP contribution in [-0.4, -0.2) is 61.4 Å². The minimum Gasteiger partial charge on any atom is -0.477 e.